The number of nitrogens with two attached hydrogens (primary N) is 1. The molecular formula is C14H14N2S. The summed E-state index contributed by atoms with van der Waals surface area (Å²) < 4.78 is 2.27. The Morgan fingerprint density at radius 2 is 2.12 bits per heavy atom. The number of rotatable bonds is 3. The molecule has 0 spiro atoms. The highest BCUT2D eigenvalue weighted by Gasteiger charge is 2.04. The fourth-order valence-corrected chi connectivity index (χ4v) is 2.84. The van der Waals surface area contributed by atoms with Crippen LogP contribution in [0.15, 0.2) is 47.3 Å². The molecule has 0 amide bonds. The van der Waals surface area contributed by atoms with Gasteiger partial charge in [-0.25, -0.2) is 0 Å². The van der Waals surface area contributed by atoms with E-state index in [-0.39, 0.29) is 0 Å². The monoisotopic (exact) mass is 242 g/mol. The van der Waals surface area contributed by atoms with Crippen LogP contribution in [0.4, 0.5) is 0 Å². The molecule has 0 fully saturated rings. The molecule has 0 bridgehead atoms. The van der Waals surface area contributed by atoms with E-state index >= 15 is 0 Å². The molecule has 0 radical (unpaired) electrons. The number of nitrogens with zero attached hydrogens (tertiary/aromatic N) is 1. The van der Waals surface area contributed by atoms with Gasteiger partial charge < -0.3 is 10.3 Å². The maximum Gasteiger partial charge on any atom is 0.0486 e. The van der Waals surface area contributed by atoms with Crippen LogP contribution in [0, 0.1) is 0 Å². The Balaban J connectivity index is 2.06. The number of fused-ring (bicyclic) bond motifs is 1. The molecule has 1 aromatic carbocycles. The van der Waals surface area contributed by atoms with Gasteiger partial charge in [0.2, 0.25) is 0 Å². The standard InChI is InChI=1S/C14H14N2S/c15-8-12-2-1-3-14-13(12)4-6-16(14)9-11-5-7-17-10-11/h1-7,10H,8-9,15H2. The first kappa shape index (κ1) is 10.6. The fraction of sp³-hybridized carbons (Fsp3) is 0.143. The molecule has 2 heterocycles. The number of aromatic nitrogens is 1. The summed E-state index contributed by atoms with van der Waals surface area (Å²) in [6.45, 7) is 1.53. The molecule has 0 saturated heterocycles. The van der Waals surface area contributed by atoms with Gasteiger partial charge in [0, 0.05) is 30.2 Å². The molecule has 3 aromatic rings. The van der Waals surface area contributed by atoms with Crippen LogP contribution in [0.2, 0.25) is 0 Å². The van der Waals surface area contributed by atoms with E-state index in [2.05, 4.69) is 51.9 Å². The molecule has 0 aliphatic heterocycles. The van der Waals surface area contributed by atoms with Crippen LogP contribution in [0.1, 0.15) is 11.1 Å². The maximum atomic E-state index is 5.75. The third kappa shape index (κ3) is 1.88. The van der Waals surface area contributed by atoms with Crippen molar-refractivity contribution in [2.45, 2.75) is 13.1 Å². The first-order chi connectivity index (χ1) is 8.38. The molecule has 0 atom stereocenters. The van der Waals surface area contributed by atoms with Crippen LogP contribution in [-0.4, -0.2) is 4.57 Å². The van der Waals surface area contributed by atoms with Gasteiger partial charge in [0.05, 0.1) is 0 Å². The third-order valence-electron chi connectivity index (χ3n) is 3.06. The molecule has 0 aliphatic carbocycles. The van der Waals surface area contributed by atoms with Crippen molar-refractivity contribution < 1.29 is 0 Å². The van der Waals surface area contributed by atoms with E-state index in [1.54, 1.807) is 11.3 Å². The first-order valence-corrected chi connectivity index (χ1v) is 6.60. The van der Waals surface area contributed by atoms with Crippen molar-refractivity contribution in [3.05, 3.63) is 58.4 Å². The highest BCUT2D eigenvalue weighted by Crippen LogP contribution is 2.21. The summed E-state index contributed by atoms with van der Waals surface area (Å²) in [6, 6.07) is 10.7. The van der Waals surface area contributed by atoms with E-state index in [1.165, 1.54) is 22.0 Å². The lowest BCUT2D eigenvalue weighted by Gasteiger charge is -2.05. The molecule has 2 N–H and O–H groups in total. The van der Waals surface area contributed by atoms with Crippen LogP contribution in [0.5, 0.6) is 0 Å². The van der Waals surface area contributed by atoms with Crippen molar-refractivity contribution in [2.75, 3.05) is 0 Å². The van der Waals surface area contributed by atoms with Crippen molar-refractivity contribution >= 4 is 22.2 Å². The average Bonchev–Trinajstić information content (AvgIpc) is 2.99. The Bertz CT molecular complexity index is 623. The Labute approximate surface area is 104 Å². The van der Waals surface area contributed by atoms with Crippen molar-refractivity contribution in [2.24, 2.45) is 5.73 Å². The minimum atomic E-state index is 0.597. The highest BCUT2D eigenvalue weighted by molar-refractivity contribution is 7.07. The van der Waals surface area contributed by atoms with Gasteiger partial charge in [-0.1, -0.05) is 12.1 Å². The van der Waals surface area contributed by atoms with Gasteiger partial charge in [0.25, 0.3) is 0 Å². The minimum Gasteiger partial charge on any atom is -0.343 e. The van der Waals surface area contributed by atoms with Crippen LogP contribution in [0.3, 0.4) is 0 Å². The summed E-state index contributed by atoms with van der Waals surface area (Å²) in [7, 11) is 0. The van der Waals surface area contributed by atoms with Gasteiger partial charge in [0.1, 0.15) is 0 Å². The molecule has 3 rings (SSSR count). The molecule has 3 heteroatoms. The van der Waals surface area contributed by atoms with Gasteiger partial charge in [-0.2, -0.15) is 11.3 Å². The second-order valence-electron chi connectivity index (χ2n) is 4.13. The summed E-state index contributed by atoms with van der Waals surface area (Å²) in [5.41, 5.74) is 9.58. The van der Waals surface area contributed by atoms with E-state index in [4.69, 9.17) is 5.73 Å². The van der Waals surface area contributed by atoms with Gasteiger partial charge in [-0.05, 0) is 40.1 Å². The molecule has 2 aromatic heterocycles. The summed E-state index contributed by atoms with van der Waals surface area (Å²) >= 11 is 1.74. The second kappa shape index (κ2) is 4.35. The number of benzene rings is 1. The van der Waals surface area contributed by atoms with Gasteiger partial charge in [-0.15, -0.1) is 0 Å². The fourth-order valence-electron chi connectivity index (χ4n) is 2.18. The average molecular weight is 242 g/mol. The highest BCUT2D eigenvalue weighted by atomic mass is 32.1. The quantitative estimate of drug-likeness (QED) is 0.751. The first-order valence-electron chi connectivity index (χ1n) is 5.66. The van der Waals surface area contributed by atoms with Crippen molar-refractivity contribution in [1.82, 2.24) is 4.57 Å². The Hall–Kier alpha value is -1.58. The molecule has 0 saturated carbocycles. The van der Waals surface area contributed by atoms with Gasteiger partial charge in [0.15, 0.2) is 0 Å². The summed E-state index contributed by atoms with van der Waals surface area (Å²) in [6.07, 6.45) is 2.14. The lowest BCUT2D eigenvalue weighted by atomic mass is 10.1. The SMILES string of the molecule is NCc1cccc2c1ccn2Cc1ccsc1. The van der Waals surface area contributed by atoms with Crippen molar-refractivity contribution in [3.8, 4) is 0 Å². The number of hydrogen-bond acceptors (Lipinski definition) is 2. The van der Waals surface area contributed by atoms with Crippen LogP contribution < -0.4 is 5.73 Å². The summed E-state index contributed by atoms with van der Waals surface area (Å²) in [4.78, 5) is 0. The Morgan fingerprint density at radius 1 is 1.18 bits per heavy atom. The van der Waals surface area contributed by atoms with Crippen molar-refractivity contribution in [1.29, 1.82) is 0 Å². The third-order valence-corrected chi connectivity index (χ3v) is 3.79. The smallest absolute Gasteiger partial charge is 0.0486 e. The molecular weight excluding hydrogens is 228 g/mol. The zero-order chi connectivity index (χ0) is 11.7. The van der Waals surface area contributed by atoms with Gasteiger partial charge in [-0.3, -0.25) is 0 Å². The van der Waals surface area contributed by atoms with E-state index < -0.39 is 0 Å². The topological polar surface area (TPSA) is 30.9 Å². The zero-order valence-corrected chi connectivity index (χ0v) is 10.3. The maximum absolute atomic E-state index is 5.75. The second-order valence-corrected chi connectivity index (χ2v) is 4.91. The Morgan fingerprint density at radius 3 is 2.88 bits per heavy atom. The van der Waals surface area contributed by atoms with E-state index in [0.29, 0.717) is 6.54 Å². The number of thiophene rings is 1. The van der Waals surface area contributed by atoms with E-state index in [0.717, 1.165) is 6.54 Å². The van der Waals surface area contributed by atoms with Crippen LogP contribution >= 0.6 is 11.3 Å². The lowest BCUT2D eigenvalue weighted by Crippen LogP contribution is -1.98. The lowest BCUT2D eigenvalue weighted by molar-refractivity contribution is 0.840. The Kier molecular flexibility index (Phi) is 2.71. The molecule has 86 valence electrons. The molecule has 0 unspecified atom stereocenters. The zero-order valence-electron chi connectivity index (χ0n) is 9.47. The molecule has 2 nitrogen and oxygen atoms in total. The predicted octanol–water partition coefficient (Wildman–Crippen LogP) is 3.21. The molecule has 17 heavy (non-hydrogen) atoms. The van der Waals surface area contributed by atoms with Crippen molar-refractivity contribution in [3.63, 3.8) is 0 Å². The largest absolute Gasteiger partial charge is 0.343 e. The summed E-state index contributed by atoms with van der Waals surface area (Å²) in [5, 5.41) is 5.58. The normalized spacial score (nSPS) is 11.1. The van der Waals surface area contributed by atoms with Crippen LogP contribution in [-0.2, 0) is 13.1 Å². The van der Waals surface area contributed by atoms with Gasteiger partial charge >= 0.3 is 0 Å². The van der Waals surface area contributed by atoms with Crippen LogP contribution in [0.25, 0.3) is 10.9 Å². The molecule has 0 aliphatic rings. The summed E-state index contributed by atoms with van der Waals surface area (Å²) in [5.74, 6) is 0. The van der Waals surface area contributed by atoms with E-state index in [9.17, 15) is 0 Å². The number of hydrogen-bond donors (Lipinski definition) is 1. The minimum absolute atomic E-state index is 0.597. The predicted molar refractivity (Wildman–Crippen MR) is 73.3 cm³/mol. The van der Waals surface area contributed by atoms with E-state index in [1.807, 2.05) is 0 Å².